The molecule has 0 heterocycles. The Morgan fingerprint density at radius 3 is 2.93 bits per heavy atom. The second-order valence-electron chi connectivity index (χ2n) is 3.96. The van der Waals surface area contributed by atoms with Crippen LogP contribution >= 0.6 is 11.6 Å². The Labute approximate surface area is 89.8 Å². The number of hydrogen-bond acceptors (Lipinski definition) is 2. The van der Waals surface area contributed by atoms with E-state index in [1.807, 2.05) is 25.2 Å². The molecule has 0 saturated carbocycles. The van der Waals surface area contributed by atoms with Crippen LogP contribution in [0, 0.1) is 0 Å². The average Bonchev–Trinajstić information content (AvgIpc) is 2.47. The lowest BCUT2D eigenvalue weighted by atomic mass is 10.1. The SMILES string of the molecule is CN(C)NC1CCc2cc(Cl)ccc21. The van der Waals surface area contributed by atoms with Crippen LogP contribution in [-0.4, -0.2) is 19.1 Å². The van der Waals surface area contributed by atoms with E-state index in [9.17, 15) is 0 Å². The molecular formula is C11H15ClN2. The number of fused-ring (bicyclic) bond motifs is 1. The van der Waals surface area contributed by atoms with Crippen molar-refractivity contribution in [3.05, 3.63) is 34.3 Å². The lowest BCUT2D eigenvalue weighted by molar-refractivity contribution is 0.242. The van der Waals surface area contributed by atoms with Crippen molar-refractivity contribution in [2.45, 2.75) is 18.9 Å². The molecular weight excluding hydrogens is 196 g/mol. The zero-order valence-electron chi connectivity index (χ0n) is 8.55. The number of nitrogens with zero attached hydrogens (tertiary/aromatic N) is 1. The Balaban J connectivity index is 2.22. The summed E-state index contributed by atoms with van der Waals surface area (Å²) in [5, 5.41) is 2.85. The van der Waals surface area contributed by atoms with Crippen LogP contribution in [0.2, 0.25) is 5.02 Å². The third kappa shape index (κ3) is 1.92. The second-order valence-corrected chi connectivity index (χ2v) is 4.39. The number of rotatable bonds is 2. The first-order valence-corrected chi connectivity index (χ1v) is 5.26. The summed E-state index contributed by atoms with van der Waals surface area (Å²) in [5.74, 6) is 0. The molecule has 0 radical (unpaired) electrons. The van der Waals surface area contributed by atoms with Crippen molar-refractivity contribution in [1.29, 1.82) is 0 Å². The van der Waals surface area contributed by atoms with E-state index in [2.05, 4.69) is 17.6 Å². The summed E-state index contributed by atoms with van der Waals surface area (Å²) in [6.07, 6.45) is 2.29. The topological polar surface area (TPSA) is 15.3 Å². The van der Waals surface area contributed by atoms with E-state index in [0.29, 0.717) is 6.04 Å². The van der Waals surface area contributed by atoms with Gasteiger partial charge < -0.3 is 0 Å². The molecule has 1 N–H and O–H groups in total. The van der Waals surface area contributed by atoms with Crippen molar-refractivity contribution in [2.24, 2.45) is 0 Å². The van der Waals surface area contributed by atoms with Crippen molar-refractivity contribution in [3.8, 4) is 0 Å². The number of nitrogens with one attached hydrogen (secondary N) is 1. The molecule has 1 atom stereocenters. The van der Waals surface area contributed by atoms with Crippen molar-refractivity contribution in [2.75, 3.05) is 14.1 Å². The number of aryl methyl sites for hydroxylation is 1. The summed E-state index contributed by atoms with van der Waals surface area (Å²) in [4.78, 5) is 0. The largest absolute Gasteiger partial charge is 0.250 e. The van der Waals surface area contributed by atoms with Crippen molar-refractivity contribution < 1.29 is 0 Å². The van der Waals surface area contributed by atoms with Gasteiger partial charge in [-0.1, -0.05) is 17.7 Å². The van der Waals surface area contributed by atoms with Crippen LogP contribution in [-0.2, 0) is 6.42 Å². The highest BCUT2D eigenvalue weighted by Gasteiger charge is 2.22. The quantitative estimate of drug-likeness (QED) is 0.755. The van der Waals surface area contributed by atoms with Crippen LogP contribution in [0.15, 0.2) is 18.2 Å². The molecule has 0 spiro atoms. The van der Waals surface area contributed by atoms with Gasteiger partial charge in [0.05, 0.1) is 0 Å². The van der Waals surface area contributed by atoms with Gasteiger partial charge in [0.15, 0.2) is 0 Å². The van der Waals surface area contributed by atoms with E-state index in [1.54, 1.807) is 0 Å². The molecule has 0 aromatic heterocycles. The van der Waals surface area contributed by atoms with Crippen molar-refractivity contribution >= 4 is 11.6 Å². The van der Waals surface area contributed by atoms with Gasteiger partial charge in [0, 0.05) is 25.2 Å². The van der Waals surface area contributed by atoms with E-state index in [0.717, 1.165) is 17.9 Å². The first-order chi connectivity index (χ1) is 6.66. The Morgan fingerprint density at radius 1 is 1.43 bits per heavy atom. The van der Waals surface area contributed by atoms with Crippen LogP contribution in [0.5, 0.6) is 0 Å². The minimum Gasteiger partial charge on any atom is -0.250 e. The third-order valence-electron chi connectivity index (χ3n) is 2.60. The molecule has 1 unspecified atom stereocenters. The Bertz CT molecular complexity index is 336. The third-order valence-corrected chi connectivity index (χ3v) is 2.83. The molecule has 3 heteroatoms. The van der Waals surface area contributed by atoms with Crippen LogP contribution < -0.4 is 5.43 Å². The van der Waals surface area contributed by atoms with Gasteiger partial charge in [0.1, 0.15) is 0 Å². The van der Waals surface area contributed by atoms with Gasteiger partial charge >= 0.3 is 0 Å². The molecule has 0 amide bonds. The standard InChI is InChI=1S/C11H15ClN2/c1-14(2)13-11-6-3-8-7-9(12)4-5-10(8)11/h4-5,7,11,13H,3,6H2,1-2H3. The smallest absolute Gasteiger partial charge is 0.0470 e. The molecule has 2 rings (SSSR count). The molecule has 1 aliphatic rings. The summed E-state index contributed by atoms with van der Waals surface area (Å²) in [5.41, 5.74) is 6.19. The number of hydrazine groups is 1. The fourth-order valence-corrected chi connectivity index (χ4v) is 2.23. The van der Waals surface area contributed by atoms with E-state index in [-0.39, 0.29) is 0 Å². The highest BCUT2D eigenvalue weighted by molar-refractivity contribution is 6.30. The molecule has 1 aromatic rings. The Hall–Kier alpha value is -0.570. The highest BCUT2D eigenvalue weighted by Crippen LogP contribution is 2.32. The van der Waals surface area contributed by atoms with Gasteiger partial charge in [-0.2, -0.15) is 0 Å². The van der Waals surface area contributed by atoms with Crippen LogP contribution in [0.3, 0.4) is 0 Å². The summed E-state index contributed by atoms with van der Waals surface area (Å²) in [7, 11) is 4.04. The lowest BCUT2D eigenvalue weighted by Gasteiger charge is -2.19. The zero-order valence-corrected chi connectivity index (χ0v) is 9.30. The van der Waals surface area contributed by atoms with Gasteiger partial charge in [-0.15, -0.1) is 0 Å². The fourth-order valence-electron chi connectivity index (χ4n) is 2.03. The zero-order chi connectivity index (χ0) is 10.1. The van der Waals surface area contributed by atoms with Gasteiger partial charge in [-0.3, -0.25) is 5.01 Å². The molecule has 76 valence electrons. The van der Waals surface area contributed by atoms with E-state index < -0.39 is 0 Å². The van der Waals surface area contributed by atoms with E-state index >= 15 is 0 Å². The maximum absolute atomic E-state index is 5.95. The molecule has 0 saturated heterocycles. The number of halogens is 1. The second kappa shape index (κ2) is 3.89. The summed E-state index contributed by atoms with van der Waals surface area (Å²) in [6, 6.07) is 6.63. The maximum Gasteiger partial charge on any atom is 0.0470 e. The summed E-state index contributed by atoms with van der Waals surface area (Å²) >= 11 is 5.95. The molecule has 1 aliphatic carbocycles. The first-order valence-electron chi connectivity index (χ1n) is 4.88. The van der Waals surface area contributed by atoms with Gasteiger partial charge in [-0.25, -0.2) is 5.43 Å². The van der Waals surface area contributed by atoms with Crippen molar-refractivity contribution in [3.63, 3.8) is 0 Å². The van der Waals surface area contributed by atoms with Crippen LogP contribution in [0.4, 0.5) is 0 Å². The monoisotopic (exact) mass is 210 g/mol. The fraction of sp³-hybridized carbons (Fsp3) is 0.455. The minimum atomic E-state index is 0.456. The highest BCUT2D eigenvalue weighted by atomic mass is 35.5. The molecule has 1 aromatic carbocycles. The molecule has 0 bridgehead atoms. The summed E-state index contributed by atoms with van der Waals surface area (Å²) < 4.78 is 0. The number of benzene rings is 1. The normalized spacial score (nSPS) is 20.1. The Morgan fingerprint density at radius 2 is 2.21 bits per heavy atom. The Kier molecular flexibility index (Phi) is 2.77. The number of hydrogen-bond donors (Lipinski definition) is 1. The molecule has 0 aliphatic heterocycles. The van der Waals surface area contributed by atoms with E-state index in [1.165, 1.54) is 11.1 Å². The first kappa shape index (κ1) is 9.97. The van der Waals surface area contributed by atoms with Crippen LogP contribution in [0.1, 0.15) is 23.6 Å². The molecule has 14 heavy (non-hydrogen) atoms. The maximum atomic E-state index is 5.95. The molecule has 2 nitrogen and oxygen atoms in total. The van der Waals surface area contributed by atoms with E-state index in [4.69, 9.17) is 11.6 Å². The van der Waals surface area contributed by atoms with Crippen molar-refractivity contribution in [1.82, 2.24) is 10.4 Å². The minimum absolute atomic E-state index is 0.456. The summed E-state index contributed by atoms with van der Waals surface area (Å²) in [6.45, 7) is 0. The average molecular weight is 211 g/mol. The van der Waals surface area contributed by atoms with Gasteiger partial charge in [0.2, 0.25) is 0 Å². The predicted octanol–water partition coefficient (Wildman–Crippen LogP) is 2.39. The molecule has 0 fully saturated rings. The van der Waals surface area contributed by atoms with Gasteiger partial charge in [0.25, 0.3) is 0 Å². The lowest BCUT2D eigenvalue weighted by Crippen LogP contribution is -2.33. The van der Waals surface area contributed by atoms with Gasteiger partial charge in [-0.05, 0) is 36.1 Å². The van der Waals surface area contributed by atoms with Crippen LogP contribution in [0.25, 0.3) is 0 Å². The predicted molar refractivity (Wildman–Crippen MR) is 59.3 cm³/mol.